The lowest BCUT2D eigenvalue weighted by Gasteiger charge is -2.20. The molecule has 0 aliphatic rings. The van der Waals surface area contributed by atoms with Gasteiger partial charge in [0.15, 0.2) is 0 Å². The number of carbonyl (C=O) groups is 2. The van der Waals surface area contributed by atoms with Gasteiger partial charge in [-0.2, -0.15) is 0 Å². The molecular formula is C25H27N3O3. The number of hydrogen-bond donors (Lipinski definition) is 2. The molecule has 6 nitrogen and oxygen atoms in total. The van der Waals surface area contributed by atoms with Gasteiger partial charge in [-0.15, -0.1) is 0 Å². The third-order valence-corrected chi connectivity index (χ3v) is 4.84. The summed E-state index contributed by atoms with van der Waals surface area (Å²) in [6, 6.07) is 24.0. The summed E-state index contributed by atoms with van der Waals surface area (Å²) in [6.07, 6.45) is 0. The Balaban J connectivity index is 1.53. The third kappa shape index (κ3) is 6.69. The fraction of sp³-hybridized carbons (Fsp3) is 0.200. The van der Waals surface area contributed by atoms with Gasteiger partial charge in [-0.1, -0.05) is 37.3 Å². The van der Waals surface area contributed by atoms with Crippen LogP contribution in [0.1, 0.15) is 22.8 Å². The molecule has 0 aliphatic carbocycles. The Morgan fingerprint density at radius 3 is 2.10 bits per heavy atom. The van der Waals surface area contributed by atoms with E-state index in [0.717, 1.165) is 29.2 Å². The fourth-order valence-electron chi connectivity index (χ4n) is 3.10. The Kier molecular flexibility index (Phi) is 7.79. The number of methoxy groups -OCH3 is 1. The molecule has 0 unspecified atom stereocenters. The summed E-state index contributed by atoms with van der Waals surface area (Å²) >= 11 is 0. The number of nitrogens with zero attached hydrogens (tertiary/aromatic N) is 1. The molecule has 2 N–H and O–H groups in total. The lowest BCUT2D eigenvalue weighted by Crippen LogP contribution is -2.32. The van der Waals surface area contributed by atoms with Crippen LogP contribution >= 0.6 is 0 Å². The molecule has 31 heavy (non-hydrogen) atoms. The highest BCUT2D eigenvalue weighted by Gasteiger charge is 2.11. The van der Waals surface area contributed by atoms with E-state index in [1.54, 1.807) is 19.2 Å². The summed E-state index contributed by atoms with van der Waals surface area (Å²) in [5, 5.41) is 5.78. The molecule has 0 heterocycles. The van der Waals surface area contributed by atoms with Gasteiger partial charge < -0.3 is 15.4 Å². The number of likely N-dealkylation sites (N-methyl/N-ethyl adjacent to an activating group) is 1. The predicted molar refractivity (Wildman–Crippen MR) is 123 cm³/mol. The highest BCUT2D eigenvalue weighted by Crippen LogP contribution is 2.15. The molecule has 3 aromatic rings. The fourth-order valence-corrected chi connectivity index (χ4v) is 3.10. The Hall–Kier alpha value is -3.64. The van der Waals surface area contributed by atoms with E-state index in [9.17, 15) is 9.59 Å². The zero-order chi connectivity index (χ0) is 22.1. The monoisotopic (exact) mass is 417 g/mol. The molecule has 0 fully saturated rings. The molecule has 0 radical (unpaired) electrons. The van der Waals surface area contributed by atoms with Crippen molar-refractivity contribution in [2.24, 2.45) is 0 Å². The lowest BCUT2D eigenvalue weighted by atomic mass is 10.1. The first-order valence-corrected chi connectivity index (χ1v) is 10.2. The molecule has 0 atom stereocenters. The van der Waals surface area contributed by atoms with Gasteiger partial charge in [0.05, 0.1) is 13.7 Å². The van der Waals surface area contributed by atoms with Crippen molar-refractivity contribution in [3.05, 3.63) is 90.0 Å². The molecule has 0 bridgehead atoms. The van der Waals surface area contributed by atoms with Crippen molar-refractivity contribution in [2.45, 2.75) is 13.5 Å². The number of anilines is 2. The second kappa shape index (κ2) is 10.9. The van der Waals surface area contributed by atoms with Crippen LogP contribution in [-0.4, -0.2) is 36.9 Å². The molecule has 0 spiro atoms. The summed E-state index contributed by atoms with van der Waals surface area (Å²) in [7, 11) is 1.61. The van der Waals surface area contributed by atoms with Crippen molar-refractivity contribution in [3.8, 4) is 5.75 Å². The van der Waals surface area contributed by atoms with Crippen molar-refractivity contribution < 1.29 is 14.3 Å². The first kappa shape index (κ1) is 22.1. The molecule has 0 saturated heterocycles. The van der Waals surface area contributed by atoms with Crippen LogP contribution in [0.5, 0.6) is 5.75 Å². The standard InChI is InChI=1S/C25H27N3O3/c1-3-28(18-24(29)26-22-13-15-23(31-2)16-14-22)17-19-9-11-20(12-10-19)25(30)27-21-7-5-4-6-8-21/h4-16H,3,17-18H2,1-2H3,(H,26,29)(H,27,30). The molecule has 6 heteroatoms. The number of hydrogen-bond acceptors (Lipinski definition) is 4. The van der Waals surface area contributed by atoms with Crippen LogP contribution in [0.2, 0.25) is 0 Å². The molecule has 3 aromatic carbocycles. The van der Waals surface area contributed by atoms with Crippen molar-refractivity contribution >= 4 is 23.2 Å². The molecule has 2 amide bonds. The van der Waals surface area contributed by atoms with Gasteiger partial charge >= 0.3 is 0 Å². The largest absolute Gasteiger partial charge is 0.497 e. The maximum atomic E-state index is 12.4. The second-order valence-corrected chi connectivity index (χ2v) is 7.10. The minimum absolute atomic E-state index is 0.0779. The van der Waals surface area contributed by atoms with Crippen LogP contribution in [0.3, 0.4) is 0 Å². The normalized spacial score (nSPS) is 10.5. The van der Waals surface area contributed by atoms with Crippen LogP contribution in [0.4, 0.5) is 11.4 Å². The average Bonchev–Trinajstić information content (AvgIpc) is 2.80. The van der Waals surface area contributed by atoms with Gasteiger partial charge in [0.1, 0.15) is 5.75 Å². The second-order valence-electron chi connectivity index (χ2n) is 7.10. The Morgan fingerprint density at radius 1 is 0.839 bits per heavy atom. The van der Waals surface area contributed by atoms with E-state index in [1.165, 1.54) is 0 Å². The van der Waals surface area contributed by atoms with Crippen LogP contribution in [0, 0.1) is 0 Å². The van der Waals surface area contributed by atoms with Gasteiger partial charge in [-0.3, -0.25) is 14.5 Å². The van der Waals surface area contributed by atoms with Gasteiger partial charge in [0, 0.05) is 23.5 Å². The minimum Gasteiger partial charge on any atom is -0.497 e. The van der Waals surface area contributed by atoms with Crippen LogP contribution < -0.4 is 15.4 Å². The smallest absolute Gasteiger partial charge is 0.255 e. The predicted octanol–water partition coefficient (Wildman–Crippen LogP) is 4.41. The zero-order valence-corrected chi connectivity index (χ0v) is 17.8. The van der Waals surface area contributed by atoms with E-state index in [0.29, 0.717) is 12.1 Å². The zero-order valence-electron chi connectivity index (χ0n) is 17.8. The number of ether oxygens (including phenoxy) is 1. The lowest BCUT2D eigenvalue weighted by molar-refractivity contribution is -0.117. The molecule has 3 rings (SSSR count). The van der Waals surface area contributed by atoms with Gasteiger partial charge in [-0.25, -0.2) is 0 Å². The molecule has 0 aliphatic heterocycles. The number of nitrogens with one attached hydrogen (secondary N) is 2. The van der Waals surface area contributed by atoms with E-state index in [4.69, 9.17) is 4.74 Å². The van der Waals surface area contributed by atoms with Gasteiger partial charge in [-0.05, 0) is 60.6 Å². The summed E-state index contributed by atoms with van der Waals surface area (Å²) in [5.74, 6) is 0.518. The van der Waals surface area contributed by atoms with Crippen molar-refractivity contribution in [3.63, 3.8) is 0 Å². The highest BCUT2D eigenvalue weighted by molar-refractivity contribution is 6.04. The average molecular weight is 418 g/mol. The van der Waals surface area contributed by atoms with E-state index in [1.807, 2.05) is 78.6 Å². The molecular weight excluding hydrogens is 390 g/mol. The van der Waals surface area contributed by atoms with Crippen LogP contribution in [0.15, 0.2) is 78.9 Å². The summed E-state index contributed by atoms with van der Waals surface area (Å²) < 4.78 is 5.13. The minimum atomic E-state index is -0.149. The summed E-state index contributed by atoms with van der Waals surface area (Å²) in [6.45, 7) is 3.64. The Bertz CT molecular complexity index is 987. The number of amides is 2. The Morgan fingerprint density at radius 2 is 1.48 bits per heavy atom. The highest BCUT2D eigenvalue weighted by atomic mass is 16.5. The van der Waals surface area contributed by atoms with Crippen LogP contribution in [-0.2, 0) is 11.3 Å². The van der Waals surface area contributed by atoms with Crippen molar-refractivity contribution in [1.82, 2.24) is 4.90 Å². The van der Waals surface area contributed by atoms with Crippen molar-refractivity contribution in [1.29, 1.82) is 0 Å². The maximum Gasteiger partial charge on any atom is 0.255 e. The first-order valence-electron chi connectivity index (χ1n) is 10.2. The third-order valence-electron chi connectivity index (χ3n) is 4.84. The summed E-state index contributed by atoms with van der Waals surface area (Å²) in [5.41, 5.74) is 3.12. The maximum absolute atomic E-state index is 12.4. The quantitative estimate of drug-likeness (QED) is 0.541. The summed E-state index contributed by atoms with van der Waals surface area (Å²) in [4.78, 5) is 26.8. The van der Waals surface area contributed by atoms with E-state index in [2.05, 4.69) is 10.6 Å². The molecule has 0 saturated carbocycles. The topological polar surface area (TPSA) is 70.7 Å². The number of rotatable bonds is 9. The van der Waals surface area contributed by atoms with Gasteiger partial charge in [0.2, 0.25) is 5.91 Å². The van der Waals surface area contributed by atoms with Crippen molar-refractivity contribution in [2.75, 3.05) is 30.8 Å². The van der Waals surface area contributed by atoms with Gasteiger partial charge in [0.25, 0.3) is 5.91 Å². The molecule has 160 valence electrons. The van der Waals surface area contributed by atoms with Crippen LogP contribution in [0.25, 0.3) is 0 Å². The number of carbonyl (C=O) groups excluding carboxylic acids is 2. The number of benzene rings is 3. The Labute approximate surface area is 182 Å². The first-order chi connectivity index (χ1) is 15.1. The molecule has 0 aromatic heterocycles. The number of para-hydroxylation sites is 1. The van der Waals surface area contributed by atoms with E-state index < -0.39 is 0 Å². The van der Waals surface area contributed by atoms with E-state index >= 15 is 0 Å². The van der Waals surface area contributed by atoms with E-state index in [-0.39, 0.29) is 18.4 Å². The SMILES string of the molecule is CCN(CC(=O)Nc1ccc(OC)cc1)Cc1ccc(C(=O)Nc2ccccc2)cc1.